The van der Waals surface area contributed by atoms with E-state index in [1.165, 1.54) is 16.4 Å². The second-order valence-corrected chi connectivity index (χ2v) is 8.66. The van der Waals surface area contributed by atoms with Crippen LogP contribution >= 0.6 is 11.3 Å². The minimum Gasteiger partial charge on any atom is -0.481 e. The summed E-state index contributed by atoms with van der Waals surface area (Å²) in [6.45, 7) is 3.86. The summed E-state index contributed by atoms with van der Waals surface area (Å²) in [6.07, 6.45) is -0.184. The molecule has 0 radical (unpaired) electrons. The van der Waals surface area contributed by atoms with Gasteiger partial charge >= 0.3 is 5.97 Å². The molecule has 0 amide bonds. The number of aliphatic carboxylic acids is 1. The van der Waals surface area contributed by atoms with Crippen molar-refractivity contribution in [2.75, 3.05) is 13.1 Å². The van der Waals surface area contributed by atoms with Gasteiger partial charge in [0.25, 0.3) is 10.0 Å². The van der Waals surface area contributed by atoms with Crippen molar-refractivity contribution in [3.05, 3.63) is 17.0 Å². The zero-order chi connectivity index (χ0) is 15.1. The first kappa shape index (κ1) is 15.4. The molecule has 1 aliphatic heterocycles. The highest BCUT2D eigenvalue weighted by Gasteiger charge is 2.49. The van der Waals surface area contributed by atoms with Crippen molar-refractivity contribution in [1.29, 1.82) is 0 Å². The van der Waals surface area contributed by atoms with Gasteiger partial charge in [-0.3, -0.25) is 4.79 Å². The number of hydrogen-bond acceptors (Lipinski definition) is 5. The predicted octanol–water partition coefficient (Wildman–Crippen LogP) is 0.767. The molecule has 1 fully saturated rings. The minimum atomic E-state index is -3.62. The highest BCUT2D eigenvalue weighted by atomic mass is 32.2. The van der Waals surface area contributed by atoms with Crippen molar-refractivity contribution in [3.63, 3.8) is 0 Å². The summed E-state index contributed by atoms with van der Waals surface area (Å²) < 4.78 is 26.0. The molecule has 2 rings (SSSR count). The predicted molar refractivity (Wildman–Crippen MR) is 74.2 cm³/mol. The molecule has 2 N–H and O–H groups in total. The maximum Gasteiger partial charge on any atom is 0.308 e. The van der Waals surface area contributed by atoms with Crippen LogP contribution in [0.4, 0.5) is 0 Å². The molecule has 1 aromatic heterocycles. The van der Waals surface area contributed by atoms with Gasteiger partial charge in [0, 0.05) is 18.0 Å². The van der Waals surface area contributed by atoms with E-state index in [1.807, 2.05) is 13.8 Å². The van der Waals surface area contributed by atoms with Crippen LogP contribution in [0.1, 0.15) is 18.7 Å². The molecule has 0 saturated carbocycles. The summed E-state index contributed by atoms with van der Waals surface area (Å²) >= 11 is 0.962. The van der Waals surface area contributed by atoms with Gasteiger partial charge in [-0.1, -0.05) is 13.8 Å². The van der Waals surface area contributed by atoms with Crippen molar-refractivity contribution in [3.8, 4) is 0 Å². The van der Waals surface area contributed by atoms with Crippen LogP contribution < -0.4 is 0 Å². The molecule has 8 heteroatoms. The topological polar surface area (TPSA) is 94.9 Å². The van der Waals surface area contributed by atoms with E-state index < -0.39 is 21.6 Å². The number of β-amino-alcohol motifs (C(OH)–C–C–N with tert-alkyl or cyclic N) is 1. The minimum absolute atomic E-state index is 0.0140. The maximum atomic E-state index is 12.3. The lowest BCUT2D eigenvalue weighted by molar-refractivity contribution is -0.136. The fraction of sp³-hybridized carbons (Fsp3) is 0.583. The van der Waals surface area contributed by atoms with E-state index in [1.54, 1.807) is 0 Å². The van der Waals surface area contributed by atoms with Crippen molar-refractivity contribution < 1.29 is 23.4 Å². The fourth-order valence-corrected chi connectivity index (χ4v) is 5.03. The van der Waals surface area contributed by atoms with Crippen LogP contribution in [0.3, 0.4) is 0 Å². The molecular formula is C12H17NO5S2. The van der Waals surface area contributed by atoms with Gasteiger partial charge in [-0.15, -0.1) is 11.3 Å². The number of aliphatic hydroxyl groups is 1. The van der Waals surface area contributed by atoms with E-state index in [9.17, 15) is 18.3 Å². The molecule has 20 heavy (non-hydrogen) atoms. The summed E-state index contributed by atoms with van der Waals surface area (Å²) in [5.41, 5.74) is -0.964. The Morgan fingerprint density at radius 3 is 2.55 bits per heavy atom. The van der Waals surface area contributed by atoms with Gasteiger partial charge in [-0.05, 0) is 18.1 Å². The van der Waals surface area contributed by atoms with Gasteiger partial charge in [-0.2, -0.15) is 4.31 Å². The fourth-order valence-electron chi connectivity index (χ4n) is 1.97. The molecule has 0 atom stereocenters. The Balaban J connectivity index is 2.13. The molecule has 1 aromatic rings. The number of carboxylic acid groups (broad SMARTS) is 1. The van der Waals surface area contributed by atoms with E-state index in [4.69, 9.17) is 5.11 Å². The Kier molecular flexibility index (Phi) is 3.94. The quantitative estimate of drug-likeness (QED) is 0.836. The van der Waals surface area contributed by atoms with Gasteiger partial charge in [0.15, 0.2) is 0 Å². The van der Waals surface area contributed by atoms with Crippen LogP contribution in [0.5, 0.6) is 0 Å². The third-order valence-corrected chi connectivity index (χ3v) is 6.88. The van der Waals surface area contributed by atoms with E-state index >= 15 is 0 Å². The number of carbonyl (C=O) groups is 1. The summed E-state index contributed by atoms with van der Waals surface area (Å²) in [5, 5.41) is 18.8. The lowest BCUT2D eigenvalue weighted by Gasteiger charge is -2.47. The van der Waals surface area contributed by atoms with E-state index in [-0.39, 0.29) is 29.6 Å². The van der Waals surface area contributed by atoms with Gasteiger partial charge in [-0.25, -0.2) is 8.42 Å². The lowest BCUT2D eigenvalue weighted by atomic mass is 9.85. The number of nitrogens with zero attached hydrogens (tertiary/aromatic N) is 1. The Hall–Kier alpha value is -0.960. The summed E-state index contributed by atoms with van der Waals surface area (Å²) in [7, 11) is -3.62. The van der Waals surface area contributed by atoms with Gasteiger partial charge in [0.2, 0.25) is 0 Å². The van der Waals surface area contributed by atoms with Crippen LogP contribution in [0.15, 0.2) is 16.3 Å². The molecule has 1 aliphatic rings. The first-order valence-corrected chi connectivity index (χ1v) is 8.44. The van der Waals surface area contributed by atoms with Crippen molar-refractivity contribution in [2.45, 2.75) is 30.1 Å². The normalized spacial score (nSPS) is 19.0. The highest BCUT2D eigenvalue weighted by molar-refractivity contribution is 7.91. The monoisotopic (exact) mass is 319 g/mol. The SMILES string of the molecule is CC(C)C1(O)CN(S(=O)(=O)c2ccc(CC(=O)O)s2)C1. The first-order valence-electron chi connectivity index (χ1n) is 6.18. The zero-order valence-corrected chi connectivity index (χ0v) is 12.9. The Bertz CT molecular complexity index is 614. The van der Waals surface area contributed by atoms with Gasteiger partial charge in [0.1, 0.15) is 4.21 Å². The number of thiophene rings is 1. The van der Waals surface area contributed by atoms with Crippen molar-refractivity contribution >= 4 is 27.3 Å². The average molecular weight is 319 g/mol. The van der Waals surface area contributed by atoms with Crippen molar-refractivity contribution in [1.82, 2.24) is 4.31 Å². The molecule has 1 saturated heterocycles. The molecule has 2 heterocycles. The first-order chi connectivity index (χ1) is 9.15. The Morgan fingerprint density at radius 1 is 1.45 bits per heavy atom. The number of carboxylic acids is 1. The molecule has 0 aliphatic carbocycles. The summed E-state index contributed by atoms with van der Waals surface area (Å²) in [5.74, 6) is -1.01. The average Bonchev–Trinajstić information content (AvgIpc) is 2.72. The molecule has 6 nitrogen and oxygen atoms in total. The summed E-state index contributed by atoms with van der Waals surface area (Å²) in [6, 6.07) is 2.94. The molecular weight excluding hydrogens is 302 g/mol. The smallest absolute Gasteiger partial charge is 0.308 e. The molecule has 0 spiro atoms. The van der Waals surface area contributed by atoms with E-state index in [2.05, 4.69) is 0 Å². The standard InChI is InChI=1S/C12H17NO5S2/c1-8(2)12(16)6-13(7-12)20(17,18)11-4-3-9(19-11)5-10(14)15/h3-4,8,16H,5-7H2,1-2H3,(H,14,15). The second-order valence-electron chi connectivity index (χ2n) is 5.32. The van der Waals surface area contributed by atoms with Crippen LogP contribution in [0.2, 0.25) is 0 Å². The van der Waals surface area contributed by atoms with Crippen LogP contribution in [-0.4, -0.2) is 47.6 Å². The molecule has 0 bridgehead atoms. The maximum absolute atomic E-state index is 12.3. The van der Waals surface area contributed by atoms with Crippen LogP contribution in [-0.2, 0) is 21.2 Å². The highest BCUT2D eigenvalue weighted by Crippen LogP contribution is 2.35. The largest absolute Gasteiger partial charge is 0.481 e. The lowest BCUT2D eigenvalue weighted by Crippen LogP contribution is -2.65. The van der Waals surface area contributed by atoms with Gasteiger partial charge in [0.05, 0.1) is 12.0 Å². The third kappa shape index (κ3) is 2.73. The van der Waals surface area contributed by atoms with Crippen molar-refractivity contribution in [2.24, 2.45) is 5.92 Å². The van der Waals surface area contributed by atoms with Gasteiger partial charge < -0.3 is 10.2 Å². The second kappa shape index (κ2) is 5.10. The number of hydrogen-bond donors (Lipinski definition) is 2. The summed E-state index contributed by atoms with van der Waals surface area (Å²) in [4.78, 5) is 11.1. The Labute approximate surface area is 121 Å². The Morgan fingerprint density at radius 2 is 2.05 bits per heavy atom. The zero-order valence-electron chi connectivity index (χ0n) is 11.2. The third-order valence-electron chi connectivity index (χ3n) is 3.53. The van der Waals surface area contributed by atoms with Crippen LogP contribution in [0, 0.1) is 5.92 Å². The number of sulfonamides is 1. The van der Waals surface area contributed by atoms with Crippen LogP contribution in [0.25, 0.3) is 0 Å². The molecule has 0 aromatic carbocycles. The molecule has 0 unspecified atom stereocenters. The number of rotatable bonds is 5. The van der Waals surface area contributed by atoms with E-state index in [0.717, 1.165) is 11.3 Å². The molecule has 112 valence electrons. The van der Waals surface area contributed by atoms with E-state index in [0.29, 0.717) is 4.88 Å².